The molecule has 0 spiro atoms. The standard InChI is InChI=1S/C34H36ClFN6O2/c1-5-28(43)41-15-12-23(16-22(41)11-13-37)42-19-38-32-33(42)26-17-27(35)29(25-10-6-8-20(2)21(25)3)30(36)31(26)39-34(32)44-18-24-9-7-14-40(24)4/h5-6,8,10,17,19,22-24H,1,7,9,11-12,14-16,18H2,2-4H3/t22?,23?,24-/m0/s1. The molecule has 3 atom stereocenters. The van der Waals surface area contributed by atoms with Gasteiger partial charge in [-0.2, -0.15) is 5.26 Å². The minimum absolute atomic E-state index is 0.0906. The normalized spacial score (nSPS) is 20.7. The lowest BCUT2D eigenvalue weighted by Crippen LogP contribution is -2.45. The molecule has 4 aromatic rings. The molecule has 2 aliphatic rings. The van der Waals surface area contributed by atoms with Gasteiger partial charge in [0.15, 0.2) is 11.3 Å². The number of piperidine rings is 1. The molecule has 0 radical (unpaired) electrons. The van der Waals surface area contributed by atoms with Gasteiger partial charge in [-0.3, -0.25) is 4.79 Å². The van der Waals surface area contributed by atoms with Crippen LogP contribution in [0.2, 0.25) is 5.02 Å². The molecule has 2 aromatic heterocycles. The Bertz CT molecular complexity index is 1810. The SMILES string of the molecule is C=CC(=O)N1CCC(n2cnc3c(OC[C@@H]4CCCN4C)nc4c(F)c(-c5cccc(C)c5C)c(Cl)cc4c32)CC1CC#N. The number of imidazole rings is 1. The molecule has 0 bridgehead atoms. The number of carbonyl (C=O) groups excluding carboxylic acids is 1. The summed E-state index contributed by atoms with van der Waals surface area (Å²) in [6.45, 7) is 9.47. The van der Waals surface area contributed by atoms with E-state index in [9.17, 15) is 10.1 Å². The number of pyridine rings is 1. The summed E-state index contributed by atoms with van der Waals surface area (Å²) in [6, 6.07) is 9.65. The van der Waals surface area contributed by atoms with Crippen LogP contribution in [0.3, 0.4) is 0 Å². The number of hydrogen-bond acceptors (Lipinski definition) is 6. The number of fused-ring (bicyclic) bond motifs is 3. The zero-order chi connectivity index (χ0) is 31.1. The number of likely N-dealkylation sites (N-methyl/N-ethyl adjacent to an activating group) is 1. The third-order valence-electron chi connectivity index (χ3n) is 9.48. The first-order valence-corrected chi connectivity index (χ1v) is 15.5. The Balaban J connectivity index is 1.52. The predicted octanol–water partition coefficient (Wildman–Crippen LogP) is 6.77. The summed E-state index contributed by atoms with van der Waals surface area (Å²) in [6.07, 6.45) is 6.53. The van der Waals surface area contributed by atoms with Crippen molar-refractivity contribution < 1.29 is 13.9 Å². The number of likely N-dealkylation sites (tertiary alicyclic amines) is 2. The van der Waals surface area contributed by atoms with Crippen molar-refractivity contribution >= 4 is 39.4 Å². The third-order valence-corrected chi connectivity index (χ3v) is 9.78. The number of rotatable bonds is 7. The van der Waals surface area contributed by atoms with Gasteiger partial charge in [0.25, 0.3) is 0 Å². The van der Waals surface area contributed by atoms with E-state index in [1.165, 1.54) is 6.08 Å². The van der Waals surface area contributed by atoms with E-state index in [1.807, 2.05) is 36.6 Å². The summed E-state index contributed by atoms with van der Waals surface area (Å²) in [5.74, 6) is -0.408. The van der Waals surface area contributed by atoms with Gasteiger partial charge in [-0.15, -0.1) is 0 Å². The van der Waals surface area contributed by atoms with E-state index in [-0.39, 0.29) is 46.9 Å². The monoisotopic (exact) mass is 614 g/mol. The topological polar surface area (TPSA) is 87.3 Å². The van der Waals surface area contributed by atoms with E-state index >= 15 is 4.39 Å². The van der Waals surface area contributed by atoms with E-state index in [1.54, 1.807) is 17.3 Å². The van der Waals surface area contributed by atoms with Crippen LogP contribution < -0.4 is 4.74 Å². The minimum atomic E-state index is -0.507. The predicted molar refractivity (Wildman–Crippen MR) is 170 cm³/mol. The summed E-state index contributed by atoms with van der Waals surface area (Å²) in [5.41, 5.74) is 4.41. The van der Waals surface area contributed by atoms with Crippen molar-refractivity contribution in [3.63, 3.8) is 0 Å². The molecule has 8 nitrogen and oxygen atoms in total. The summed E-state index contributed by atoms with van der Waals surface area (Å²) in [5, 5.41) is 10.4. The first-order chi connectivity index (χ1) is 21.2. The van der Waals surface area contributed by atoms with Crippen LogP contribution >= 0.6 is 11.6 Å². The largest absolute Gasteiger partial charge is 0.474 e. The summed E-state index contributed by atoms with van der Waals surface area (Å²) < 4.78 is 25.1. The summed E-state index contributed by atoms with van der Waals surface area (Å²) >= 11 is 6.89. The number of nitrogens with zero attached hydrogens (tertiary/aromatic N) is 6. The number of benzene rings is 2. The number of ether oxygens (including phenoxy) is 1. The Morgan fingerprint density at radius 1 is 1.25 bits per heavy atom. The van der Waals surface area contributed by atoms with Crippen molar-refractivity contribution in [2.75, 3.05) is 26.7 Å². The van der Waals surface area contributed by atoms with Crippen LogP contribution in [0.1, 0.15) is 49.3 Å². The molecule has 2 fully saturated rings. The molecule has 2 aliphatic heterocycles. The van der Waals surface area contributed by atoms with Crippen molar-refractivity contribution in [1.29, 1.82) is 5.26 Å². The fourth-order valence-corrected chi connectivity index (χ4v) is 7.13. The number of halogens is 2. The molecule has 2 aromatic carbocycles. The Morgan fingerprint density at radius 3 is 2.80 bits per heavy atom. The molecule has 228 valence electrons. The molecule has 44 heavy (non-hydrogen) atoms. The molecule has 2 unspecified atom stereocenters. The second-order valence-electron chi connectivity index (χ2n) is 12.0. The molecule has 10 heteroatoms. The van der Waals surface area contributed by atoms with E-state index in [4.69, 9.17) is 26.3 Å². The lowest BCUT2D eigenvalue weighted by atomic mass is 9.94. The van der Waals surface area contributed by atoms with Crippen LogP contribution in [-0.4, -0.2) is 69.1 Å². The number of hydrogen-bond donors (Lipinski definition) is 0. The van der Waals surface area contributed by atoms with Crippen LogP contribution in [0, 0.1) is 31.0 Å². The number of nitriles is 1. The summed E-state index contributed by atoms with van der Waals surface area (Å²) in [4.78, 5) is 26.0. The van der Waals surface area contributed by atoms with Crippen LogP contribution in [0.4, 0.5) is 4.39 Å². The molecule has 0 aliphatic carbocycles. The van der Waals surface area contributed by atoms with E-state index in [0.717, 1.165) is 36.1 Å². The lowest BCUT2D eigenvalue weighted by molar-refractivity contribution is -0.130. The first-order valence-electron chi connectivity index (χ1n) is 15.1. The highest BCUT2D eigenvalue weighted by molar-refractivity contribution is 6.34. The zero-order valence-electron chi connectivity index (χ0n) is 25.3. The van der Waals surface area contributed by atoms with Crippen LogP contribution in [0.5, 0.6) is 5.88 Å². The van der Waals surface area contributed by atoms with Gasteiger partial charge in [0.2, 0.25) is 11.8 Å². The number of amides is 1. The zero-order valence-corrected chi connectivity index (χ0v) is 26.1. The van der Waals surface area contributed by atoms with Gasteiger partial charge in [0.05, 0.1) is 29.4 Å². The maximum Gasteiger partial charge on any atom is 0.246 e. The molecule has 4 heterocycles. The summed E-state index contributed by atoms with van der Waals surface area (Å²) in [7, 11) is 2.08. The van der Waals surface area contributed by atoms with Crippen molar-refractivity contribution in [2.45, 2.75) is 64.1 Å². The van der Waals surface area contributed by atoms with Crippen molar-refractivity contribution in [3.8, 4) is 23.1 Å². The number of aryl methyl sites for hydroxylation is 1. The fourth-order valence-electron chi connectivity index (χ4n) is 6.84. The van der Waals surface area contributed by atoms with Gasteiger partial charge < -0.3 is 19.1 Å². The average Bonchev–Trinajstić information content (AvgIpc) is 3.65. The number of carbonyl (C=O) groups is 1. The molecule has 2 saturated heterocycles. The van der Waals surface area contributed by atoms with Gasteiger partial charge in [-0.25, -0.2) is 14.4 Å². The van der Waals surface area contributed by atoms with Gasteiger partial charge in [0, 0.05) is 35.6 Å². The van der Waals surface area contributed by atoms with Crippen molar-refractivity contribution in [3.05, 3.63) is 65.2 Å². The average molecular weight is 615 g/mol. The Hall–Kier alpha value is -4.00. The number of aromatic nitrogens is 3. The molecule has 0 N–H and O–H groups in total. The van der Waals surface area contributed by atoms with Crippen molar-refractivity contribution in [1.82, 2.24) is 24.3 Å². The van der Waals surface area contributed by atoms with Crippen LogP contribution in [-0.2, 0) is 4.79 Å². The highest BCUT2D eigenvalue weighted by atomic mass is 35.5. The quantitative estimate of drug-likeness (QED) is 0.214. The minimum Gasteiger partial charge on any atom is -0.474 e. The Labute approximate surface area is 261 Å². The third kappa shape index (κ3) is 5.20. The van der Waals surface area contributed by atoms with Gasteiger partial charge in [-0.1, -0.05) is 36.4 Å². The molecule has 1 amide bonds. The first kappa shape index (κ1) is 30.0. The lowest BCUT2D eigenvalue weighted by Gasteiger charge is -2.38. The molecule has 0 saturated carbocycles. The highest BCUT2D eigenvalue weighted by Crippen LogP contribution is 2.42. The van der Waals surface area contributed by atoms with Gasteiger partial charge >= 0.3 is 0 Å². The van der Waals surface area contributed by atoms with Crippen LogP contribution in [0.15, 0.2) is 43.2 Å². The molecule has 6 rings (SSSR count). The Morgan fingerprint density at radius 2 is 2.07 bits per heavy atom. The van der Waals surface area contributed by atoms with E-state index < -0.39 is 5.82 Å². The molecular formula is C34H36ClFN6O2. The van der Waals surface area contributed by atoms with Gasteiger partial charge in [0.1, 0.15) is 12.1 Å². The maximum absolute atomic E-state index is 16.7. The Kier molecular flexibility index (Phi) is 8.32. The highest BCUT2D eigenvalue weighted by Gasteiger charge is 2.33. The van der Waals surface area contributed by atoms with Crippen LogP contribution in [0.25, 0.3) is 33.1 Å². The van der Waals surface area contributed by atoms with E-state index in [2.05, 4.69) is 24.6 Å². The molecular weight excluding hydrogens is 579 g/mol. The van der Waals surface area contributed by atoms with Crippen molar-refractivity contribution in [2.24, 2.45) is 0 Å². The maximum atomic E-state index is 16.7. The second-order valence-corrected chi connectivity index (χ2v) is 12.4. The van der Waals surface area contributed by atoms with Gasteiger partial charge in [-0.05, 0) is 82.0 Å². The fraction of sp³-hybridized carbons (Fsp3) is 0.412. The second kappa shape index (κ2) is 12.2. The smallest absolute Gasteiger partial charge is 0.246 e. The van der Waals surface area contributed by atoms with E-state index in [0.29, 0.717) is 48.0 Å².